The fourth-order valence-electron chi connectivity index (χ4n) is 6.10. The Bertz CT molecular complexity index is 1540. The number of amides is 4. The summed E-state index contributed by atoms with van der Waals surface area (Å²) in [5, 5.41) is 18.2. The average Bonchev–Trinajstić information content (AvgIpc) is 3.41. The first-order chi connectivity index (χ1) is 19.1. The number of carboxylic acids is 1. The van der Waals surface area contributed by atoms with Crippen LogP contribution < -0.4 is 26.0 Å². The van der Waals surface area contributed by atoms with Gasteiger partial charge in [-0.2, -0.15) is 0 Å². The van der Waals surface area contributed by atoms with E-state index < -0.39 is 47.2 Å². The first kappa shape index (κ1) is 27.4. The Hall–Kier alpha value is -4.15. The zero-order valence-corrected chi connectivity index (χ0v) is 22.7. The molecule has 2 fully saturated rings. The monoisotopic (exact) mass is 564 g/mol. The van der Waals surface area contributed by atoms with Crippen LogP contribution in [-0.4, -0.2) is 48.1 Å². The molecular formula is C29H29ClN4O6. The molecule has 5 rings (SSSR count). The molecule has 2 heterocycles. The number of nitrogens with two attached hydrogens (primary N) is 1. The van der Waals surface area contributed by atoms with Crippen molar-refractivity contribution in [3.8, 4) is 5.75 Å². The van der Waals surface area contributed by atoms with Crippen molar-refractivity contribution >= 4 is 51.9 Å². The minimum atomic E-state index is -1.79. The van der Waals surface area contributed by atoms with Crippen LogP contribution in [0, 0.1) is 18.8 Å². The Morgan fingerprint density at radius 3 is 2.50 bits per heavy atom. The maximum atomic E-state index is 14.1. The number of carboxylic acid groups (broad SMARTS) is 1. The summed E-state index contributed by atoms with van der Waals surface area (Å²) in [6, 6.07) is 14.4. The topological polar surface area (TPSA) is 151 Å². The number of primary amides is 1. The minimum absolute atomic E-state index is 0.0319. The molecule has 2 aliphatic heterocycles. The van der Waals surface area contributed by atoms with Crippen molar-refractivity contribution in [3.63, 3.8) is 0 Å². The summed E-state index contributed by atoms with van der Waals surface area (Å²) in [6.07, 6.45) is 0.176. The van der Waals surface area contributed by atoms with Crippen LogP contribution in [0.5, 0.6) is 5.75 Å². The van der Waals surface area contributed by atoms with Crippen molar-refractivity contribution in [2.24, 2.45) is 17.6 Å². The lowest BCUT2D eigenvalue weighted by molar-refractivity contribution is -0.149. The molecule has 0 bridgehead atoms. The Morgan fingerprint density at radius 1 is 1.12 bits per heavy atom. The number of methoxy groups -OCH3 is 1. The molecule has 11 heteroatoms. The number of rotatable bonds is 8. The van der Waals surface area contributed by atoms with Gasteiger partial charge in [0.25, 0.3) is 0 Å². The summed E-state index contributed by atoms with van der Waals surface area (Å²) in [7, 11) is 1.56. The van der Waals surface area contributed by atoms with Crippen molar-refractivity contribution in [1.29, 1.82) is 0 Å². The van der Waals surface area contributed by atoms with Crippen molar-refractivity contribution < 1.29 is 29.0 Å². The van der Waals surface area contributed by atoms with E-state index in [1.807, 2.05) is 24.3 Å². The van der Waals surface area contributed by atoms with Gasteiger partial charge >= 0.3 is 12.0 Å². The summed E-state index contributed by atoms with van der Waals surface area (Å²) in [4.78, 5) is 53.4. The van der Waals surface area contributed by atoms with Gasteiger partial charge in [0.2, 0.25) is 11.8 Å². The number of carbonyl (C=O) groups is 4. The molecule has 4 unspecified atom stereocenters. The standard InChI is InChI=1S/C29H29ClN4O6/c1-15-8-9-16(14-20(15)30)34-25(35)22-23(26(34)36)29(27(37)38,12-5-13-32-28(31)39)33-24(22)19-10-11-21(40-2)18-7-4-3-6-17(18)19/h3-4,6-11,14,22-24,33H,5,12-13H2,1-2H3,(H,37,38)(H3,31,32,39). The number of carbonyl (C=O) groups excluding carboxylic acids is 3. The van der Waals surface area contributed by atoms with E-state index in [0.717, 1.165) is 21.2 Å². The molecule has 40 heavy (non-hydrogen) atoms. The molecule has 10 nitrogen and oxygen atoms in total. The number of aliphatic carboxylic acids is 1. The summed E-state index contributed by atoms with van der Waals surface area (Å²) in [5.74, 6) is -3.98. The highest BCUT2D eigenvalue weighted by molar-refractivity contribution is 6.32. The van der Waals surface area contributed by atoms with Crippen LogP contribution in [-0.2, 0) is 14.4 Å². The number of aryl methyl sites for hydroxylation is 1. The number of nitrogens with one attached hydrogen (secondary N) is 2. The third-order valence-electron chi connectivity index (χ3n) is 7.97. The van der Waals surface area contributed by atoms with Crippen LogP contribution in [0.15, 0.2) is 54.6 Å². The molecule has 0 radical (unpaired) electrons. The summed E-state index contributed by atoms with van der Waals surface area (Å²) >= 11 is 6.33. The summed E-state index contributed by atoms with van der Waals surface area (Å²) in [6.45, 7) is 1.91. The maximum absolute atomic E-state index is 14.1. The molecule has 0 spiro atoms. The second-order valence-corrected chi connectivity index (χ2v) is 10.6. The summed E-state index contributed by atoms with van der Waals surface area (Å²) in [5.41, 5.74) is 5.13. The van der Waals surface area contributed by atoms with Gasteiger partial charge in [0.05, 0.1) is 24.6 Å². The normalized spacial score (nSPS) is 23.9. The van der Waals surface area contributed by atoms with Gasteiger partial charge in [-0.1, -0.05) is 48.0 Å². The minimum Gasteiger partial charge on any atom is -0.496 e. The van der Waals surface area contributed by atoms with Gasteiger partial charge in [0, 0.05) is 23.0 Å². The quantitative estimate of drug-likeness (QED) is 0.241. The summed E-state index contributed by atoms with van der Waals surface area (Å²) < 4.78 is 5.53. The molecule has 208 valence electrons. The van der Waals surface area contributed by atoms with E-state index in [1.54, 1.807) is 38.3 Å². The van der Waals surface area contributed by atoms with E-state index in [1.165, 1.54) is 6.07 Å². The molecule has 3 aromatic rings. The lowest BCUT2D eigenvalue weighted by Crippen LogP contribution is -2.56. The van der Waals surface area contributed by atoms with E-state index >= 15 is 0 Å². The second kappa shape index (κ2) is 10.4. The number of fused-ring (bicyclic) bond motifs is 2. The number of ether oxygens (including phenoxy) is 1. The Kier molecular flexibility index (Phi) is 7.16. The van der Waals surface area contributed by atoms with Crippen molar-refractivity contribution in [3.05, 3.63) is 70.7 Å². The van der Waals surface area contributed by atoms with Crippen LogP contribution in [0.4, 0.5) is 10.5 Å². The van der Waals surface area contributed by atoms with Crippen LogP contribution in [0.1, 0.15) is 30.0 Å². The maximum Gasteiger partial charge on any atom is 0.324 e. The van der Waals surface area contributed by atoms with Crippen molar-refractivity contribution in [2.75, 3.05) is 18.6 Å². The van der Waals surface area contributed by atoms with E-state index in [9.17, 15) is 24.3 Å². The van der Waals surface area contributed by atoms with Crippen LogP contribution >= 0.6 is 11.6 Å². The first-order valence-electron chi connectivity index (χ1n) is 12.8. The zero-order valence-electron chi connectivity index (χ0n) is 21.9. The molecule has 0 saturated carbocycles. The van der Waals surface area contributed by atoms with Crippen molar-refractivity contribution in [2.45, 2.75) is 31.3 Å². The van der Waals surface area contributed by atoms with Gasteiger partial charge < -0.3 is 20.9 Å². The predicted octanol–water partition coefficient (Wildman–Crippen LogP) is 3.53. The molecule has 5 N–H and O–H groups in total. The third-order valence-corrected chi connectivity index (χ3v) is 8.38. The Morgan fingerprint density at radius 2 is 1.85 bits per heavy atom. The Labute approximate surface area is 235 Å². The zero-order chi connectivity index (χ0) is 28.8. The van der Waals surface area contributed by atoms with Gasteiger partial charge in [-0.15, -0.1) is 0 Å². The van der Waals surface area contributed by atoms with Gasteiger partial charge in [0.15, 0.2) is 0 Å². The van der Waals surface area contributed by atoms with E-state index in [-0.39, 0.29) is 25.1 Å². The molecule has 4 atom stereocenters. The molecule has 2 saturated heterocycles. The smallest absolute Gasteiger partial charge is 0.324 e. The SMILES string of the molecule is COc1ccc(C2NC(CCCNC(N)=O)(C(=O)O)C3C(=O)N(c4ccc(C)c(Cl)c4)C(=O)C23)c2ccccc12. The van der Waals surface area contributed by atoms with E-state index in [4.69, 9.17) is 22.1 Å². The average molecular weight is 565 g/mol. The number of benzene rings is 3. The molecule has 3 aromatic carbocycles. The van der Waals surface area contributed by atoms with Crippen LogP contribution in [0.2, 0.25) is 5.02 Å². The fourth-order valence-corrected chi connectivity index (χ4v) is 6.28. The lowest BCUT2D eigenvalue weighted by atomic mass is 9.76. The lowest BCUT2D eigenvalue weighted by Gasteiger charge is -2.31. The number of halogens is 1. The molecule has 0 aliphatic carbocycles. The molecular weight excluding hydrogens is 536 g/mol. The van der Waals surface area contributed by atoms with E-state index in [0.29, 0.717) is 16.3 Å². The number of anilines is 1. The molecule has 0 aromatic heterocycles. The second-order valence-electron chi connectivity index (χ2n) is 10.1. The molecule has 2 aliphatic rings. The fraction of sp³-hybridized carbons (Fsp3) is 0.310. The predicted molar refractivity (Wildman–Crippen MR) is 149 cm³/mol. The van der Waals surface area contributed by atoms with Crippen molar-refractivity contribution in [1.82, 2.24) is 10.6 Å². The van der Waals surface area contributed by atoms with Gasteiger partial charge in [-0.25, -0.2) is 9.69 Å². The number of imide groups is 1. The van der Waals surface area contributed by atoms with Gasteiger partial charge in [-0.05, 0) is 54.5 Å². The number of nitrogens with zero attached hydrogens (tertiary/aromatic N) is 1. The van der Waals surface area contributed by atoms with Crippen LogP contribution in [0.25, 0.3) is 10.8 Å². The Balaban J connectivity index is 1.66. The number of hydrogen-bond donors (Lipinski definition) is 4. The van der Waals surface area contributed by atoms with Crippen LogP contribution in [0.3, 0.4) is 0 Å². The number of hydrogen-bond acceptors (Lipinski definition) is 6. The first-order valence-corrected chi connectivity index (χ1v) is 13.2. The number of urea groups is 1. The highest BCUT2D eigenvalue weighted by Gasteiger charge is 2.68. The molecule has 4 amide bonds. The highest BCUT2D eigenvalue weighted by Crippen LogP contribution is 2.52. The van der Waals surface area contributed by atoms with Gasteiger partial charge in [-0.3, -0.25) is 19.7 Å². The highest BCUT2D eigenvalue weighted by atomic mass is 35.5. The third kappa shape index (κ3) is 4.33. The van der Waals surface area contributed by atoms with E-state index in [2.05, 4.69) is 10.6 Å². The van der Waals surface area contributed by atoms with Gasteiger partial charge in [0.1, 0.15) is 11.3 Å². The largest absolute Gasteiger partial charge is 0.496 e.